The number of rotatable bonds is 5. The maximum Gasteiger partial charge on any atom is 0.298 e. The van der Waals surface area contributed by atoms with E-state index in [1.807, 2.05) is 19.9 Å². The van der Waals surface area contributed by atoms with Crippen molar-refractivity contribution in [2.45, 2.75) is 32.7 Å². The molecule has 0 radical (unpaired) electrons. The van der Waals surface area contributed by atoms with Gasteiger partial charge in [-0.1, -0.05) is 19.0 Å². The van der Waals surface area contributed by atoms with Crippen molar-refractivity contribution in [2.75, 3.05) is 5.32 Å². The molecule has 1 N–H and O–H groups in total. The molecule has 22 heavy (non-hydrogen) atoms. The predicted molar refractivity (Wildman–Crippen MR) is 73.7 cm³/mol. The SMILES string of the molecule is CC(C)c1cc(NCc2cc(C(F)F)on2)n2ncnc2n1. The first-order valence-corrected chi connectivity index (χ1v) is 6.73. The van der Waals surface area contributed by atoms with E-state index in [9.17, 15) is 8.78 Å². The molecule has 3 rings (SSSR count). The normalized spacial score (nSPS) is 11.7. The summed E-state index contributed by atoms with van der Waals surface area (Å²) >= 11 is 0. The highest BCUT2D eigenvalue weighted by atomic mass is 19.3. The van der Waals surface area contributed by atoms with Gasteiger partial charge in [0.25, 0.3) is 12.2 Å². The van der Waals surface area contributed by atoms with Gasteiger partial charge in [-0.15, -0.1) is 0 Å². The summed E-state index contributed by atoms with van der Waals surface area (Å²) in [6, 6.07) is 3.07. The predicted octanol–water partition coefficient (Wildman–Crippen LogP) is 2.79. The van der Waals surface area contributed by atoms with Gasteiger partial charge in [-0.3, -0.25) is 0 Å². The van der Waals surface area contributed by atoms with Gasteiger partial charge in [0.2, 0.25) is 5.76 Å². The Morgan fingerprint density at radius 1 is 1.32 bits per heavy atom. The van der Waals surface area contributed by atoms with Crippen LogP contribution in [0.1, 0.15) is 43.3 Å². The van der Waals surface area contributed by atoms with Crippen molar-refractivity contribution in [3.8, 4) is 0 Å². The van der Waals surface area contributed by atoms with Gasteiger partial charge in [0.15, 0.2) is 0 Å². The van der Waals surface area contributed by atoms with Crippen molar-refractivity contribution in [3.05, 3.63) is 35.6 Å². The Kier molecular flexibility index (Phi) is 3.70. The van der Waals surface area contributed by atoms with Gasteiger partial charge in [-0.05, 0) is 5.92 Å². The number of hydrogen-bond donors (Lipinski definition) is 1. The summed E-state index contributed by atoms with van der Waals surface area (Å²) in [7, 11) is 0. The number of alkyl halides is 2. The molecule has 3 heterocycles. The number of fused-ring (bicyclic) bond motifs is 1. The maximum atomic E-state index is 12.5. The molecule has 3 aromatic heterocycles. The van der Waals surface area contributed by atoms with Gasteiger partial charge in [0.05, 0.1) is 12.2 Å². The van der Waals surface area contributed by atoms with Crippen molar-refractivity contribution in [3.63, 3.8) is 0 Å². The van der Waals surface area contributed by atoms with Crippen LogP contribution in [0.15, 0.2) is 23.0 Å². The van der Waals surface area contributed by atoms with Gasteiger partial charge in [0.1, 0.15) is 17.8 Å². The molecule has 0 spiro atoms. The third kappa shape index (κ3) is 2.74. The van der Waals surface area contributed by atoms with Gasteiger partial charge in [-0.2, -0.15) is 14.6 Å². The highest BCUT2D eigenvalue weighted by molar-refractivity contribution is 5.45. The van der Waals surface area contributed by atoms with Crippen molar-refractivity contribution in [2.24, 2.45) is 0 Å². The second-order valence-corrected chi connectivity index (χ2v) is 5.07. The van der Waals surface area contributed by atoms with E-state index in [0.717, 1.165) is 5.69 Å². The van der Waals surface area contributed by atoms with E-state index >= 15 is 0 Å². The van der Waals surface area contributed by atoms with Crippen LogP contribution in [0.2, 0.25) is 0 Å². The molecular weight excluding hydrogens is 294 g/mol. The molecule has 0 aliphatic carbocycles. The van der Waals surface area contributed by atoms with Crippen LogP contribution in [0.25, 0.3) is 5.78 Å². The van der Waals surface area contributed by atoms with Gasteiger partial charge >= 0.3 is 0 Å². The highest BCUT2D eigenvalue weighted by Crippen LogP contribution is 2.21. The molecule has 0 atom stereocenters. The molecule has 0 amide bonds. The number of halogens is 2. The standard InChI is InChI=1S/C13H14F2N6O/c1-7(2)9-4-11(21-13(19-9)17-6-18-21)16-5-8-3-10(12(14)15)22-20-8/h3-4,6-7,12,16H,5H2,1-2H3. The smallest absolute Gasteiger partial charge is 0.298 e. The fraction of sp³-hybridized carbons (Fsp3) is 0.385. The summed E-state index contributed by atoms with van der Waals surface area (Å²) in [5.41, 5.74) is 1.24. The van der Waals surface area contributed by atoms with Crippen molar-refractivity contribution in [1.29, 1.82) is 0 Å². The first-order valence-electron chi connectivity index (χ1n) is 6.73. The van der Waals surface area contributed by atoms with E-state index in [-0.39, 0.29) is 12.5 Å². The van der Waals surface area contributed by atoms with Crippen molar-refractivity contribution in [1.82, 2.24) is 24.7 Å². The molecule has 0 fully saturated rings. The minimum Gasteiger partial charge on any atom is -0.364 e. The molecule has 9 heteroatoms. The van der Waals surface area contributed by atoms with Crippen LogP contribution < -0.4 is 5.32 Å². The van der Waals surface area contributed by atoms with Crippen LogP contribution in [0.4, 0.5) is 14.6 Å². The molecule has 0 unspecified atom stereocenters. The lowest BCUT2D eigenvalue weighted by Crippen LogP contribution is -2.08. The van der Waals surface area contributed by atoms with E-state index in [2.05, 4.69) is 30.1 Å². The number of anilines is 1. The number of nitrogens with one attached hydrogen (secondary N) is 1. The van der Waals surface area contributed by atoms with Gasteiger partial charge < -0.3 is 9.84 Å². The largest absolute Gasteiger partial charge is 0.364 e. The lowest BCUT2D eigenvalue weighted by Gasteiger charge is -2.10. The first-order chi connectivity index (χ1) is 10.5. The van der Waals surface area contributed by atoms with E-state index in [1.54, 1.807) is 4.52 Å². The maximum absolute atomic E-state index is 12.5. The third-order valence-corrected chi connectivity index (χ3v) is 3.11. The molecule has 0 bridgehead atoms. The van der Waals surface area contributed by atoms with Crippen LogP contribution in [0.5, 0.6) is 0 Å². The fourth-order valence-corrected chi connectivity index (χ4v) is 1.95. The Morgan fingerprint density at radius 2 is 2.14 bits per heavy atom. The average Bonchev–Trinajstić information content (AvgIpc) is 3.13. The van der Waals surface area contributed by atoms with Gasteiger partial charge in [-0.25, -0.2) is 13.8 Å². The summed E-state index contributed by atoms with van der Waals surface area (Å²) in [6.07, 6.45) is -1.26. The van der Waals surface area contributed by atoms with Gasteiger partial charge in [0, 0.05) is 12.1 Å². The average molecular weight is 308 g/mol. The zero-order chi connectivity index (χ0) is 15.7. The summed E-state index contributed by atoms with van der Waals surface area (Å²) in [5, 5.41) is 10.8. The van der Waals surface area contributed by atoms with Crippen molar-refractivity contribution < 1.29 is 13.3 Å². The van der Waals surface area contributed by atoms with Crippen molar-refractivity contribution >= 4 is 11.6 Å². The molecule has 0 aliphatic heterocycles. The quantitative estimate of drug-likeness (QED) is 0.780. The molecule has 116 valence electrons. The Hall–Kier alpha value is -2.58. The summed E-state index contributed by atoms with van der Waals surface area (Å²) in [6.45, 7) is 4.27. The molecule has 0 saturated heterocycles. The van der Waals surface area contributed by atoms with E-state index in [1.165, 1.54) is 12.4 Å². The third-order valence-electron chi connectivity index (χ3n) is 3.11. The van der Waals surface area contributed by atoms with Crippen LogP contribution in [0, 0.1) is 0 Å². The molecule has 0 saturated carbocycles. The Morgan fingerprint density at radius 3 is 2.82 bits per heavy atom. The molecule has 0 aromatic carbocycles. The monoisotopic (exact) mass is 308 g/mol. The summed E-state index contributed by atoms with van der Waals surface area (Å²) in [5.74, 6) is 0.912. The Bertz CT molecular complexity index is 782. The molecule has 3 aromatic rings. The zero-order valence-corrected chi connectivity index (χ0v) is 12.0. The molecule has 0 aliphatic rings. The molecular formula is C13H14F2N6O. The lowest BCUT2D eigenvalue weighted by molar-refractivity contribution is 0.112. The fourth-order valence-electron chi connectivity index (χ4n) is 1.95. The highest BCUT2D eigenvalue weighted by Gasteiger charge is 2.15. The van der Waals surface area contributed by atoms with E-state index in [0.29, 0.717) is 17.3 Å². The number of nitrogens with zero attached hydrogens (tertiary/aromatic N) is 5. The number of aromatic nitrogens is 5. The first kappa shape index (κ1) is 14.4. The van der Waals surface area contributed by atoms with Crippen LogP contribution >= 0.6 is 0 Å². The lowest BCUT2D eigenvalue weighted by atomic mass is 10.1. The second kappa shape index (κ2) is 5.66. The molecule has 7 nitrogen and oxygen atoms in total. The van der Waals surface area contributed by atoms with Crippen LogP contribution in [-0.4, -0.2) is 24.7 Å². The Balaban J connectivity index is 1.84. The number of hydrogen-bond acceptors (Lipinski definition) is 6. The summed E-state index contributed by atoms with van der Waals surface area (Å²) < 4.78 is 31.0. The van der Waals surface area contributed by atoms with E-state index < -0.39 is 12.2 Å². The summed E-state index contributed by atoms with van der Waals surface area (Å²) in [4.78, 5) is 8.47. The van der Waals surface area contributed by atoms with E-state index in [4.69, 9.17) is 0 Å². The zero-order valence-electron chi connectivity index (χ0n) is 12.0. The second-order valence-electron chi connectivity index (χ2n) is 5.07. The minimum absolute atomic E-state index is 0.222. The minimum atomic E-state index is -2.67. The Labute approximate surface area is 124 Å². The topological polar surface area (TPSA) is 81.1 Å². The van der Waals surface area contributed by atoms with Crippen LogP contribution in [0.3, 0.4) is 0 Å². The van der Waals surface area contributed by atoms with Crippen LogP contribution in [-0.2, 0) is 6.54 Å².